The molecule has 0 spiro atoms. The predicted octanol–water partition coefficient (Wildman–Crippen LogP) is 5.63. The number of nitrogens with one attached hydrogen (secondary N) is 1. The summed E-state index contributed by atoms with van der Waals surface area (Å²) >= 11 is 5.96. The number of nitrogens with zero attached hydrogens (tertiary/aromatic N) is 1. The number of methoxy groups -OCH3 is 1. The summed E-state index contributed by atoms with van der Waals surface area (Å²) in [5.41, 5.74) is 2.49. The largest absolute Gasteiger partial charge is 0.507 e. The van der Waals surface area contributed by atoms with E-state index in [0.717, 1.165) is 16.5 Å². The summed E-state index contributed by atoms with van der Waals surface area (Å²) in [6, 6.07) is 16.7. The van der Waals surface area contributed by atoms with Gasteiger partial charge in [-0.1, -0.05) is 23.7 Å². The minimum atomic E-state index is -0.948. The van der Waals surface area contributed by atoms with Gasteiger partial charge in [-0.25, -0.2) is 4.39 Å². The first-order valence-electron chi connectivity index (χ1n) is 11.3. The molecule has 1 fully saturated rings. The Kier molecular flexibility index (Phi) is 6.24. The number of aliphatic hydroxyl groups excluding tert-OH is 1. The van der Waals surface area contributed by atoms with Crippen LogP contribution in [0.5, 0.6) is 5.75 Å². The number of fused-ring (bicyclic) bond motifs is 1. The summed E-state index contributed by atoms with van der Waals surface area (Å²) in [6.45, 7) is 0.174. The van der Waals surface area contributed by atoms with E-state index in [9.17, 15) is 19.1 Å². The van der Waals surface area contributed by atoms with Crippen LogP contribution in [0.3, 0.4) is 0 Å². The van der Waals surface area contributed by atoms with E-state index in [4.69, 9.17) is 16.3 Å². The molecule has 1 amide bonds. The van der Waals surface area contributed by atoms with Crippen molar-refractivity contribution in [2.24, 2.45) is 0 Å². The third-order valence-corrected chi connectivity index (χ3v) is 6.67. The average Bonchev–Trinajstić information content (AvgIpc) is 3.40. The summed E-state index contributed by atoms with van der Waals surface area (Å²) in [7, 11) is 1.59. The fourth-order valence-electron chi connectivity index (χ4n) is 4.63. The second kappa shape index (κ2) is 9.51. The molecule has 1 aliphatic heterocycles. The normalized spacial score (nSPS) is 17.2. The highest BCUT2D eigenvalue weighted by Crippen LogP contribution is 2.40. The molecule has 1 aliphatic rings. The van der Waals surface area contributed by atoms with Crippen LogP contribution in [0.25, 0.3) is 16.7 Å². The Bertz CT molecular complexity index is 1510. The Morgan fingerprint density at radius 1 is 1.11 bits per heavy atom. The van der Waals surface area contributed by atoms with E-state index in [2.05, 4.69) is 4.98 Å². The van der Waals surface area contributed by atoms with Crippen LogP contribution in [0.4, 0.5) is 4.39 Å². The highest BCUT2D eigenvalue weighted by Gasteiger charge is 2.46. The van der Waals surface area contributed by atoms with Crippen molar-refractivity contribution in [2.45, 2.75) is 12.5 Å². The van der Waals surface area contributed by atoms with E-state index in [-0.39, 0.29) is 17.9 Å². The second-order valence-corrected chi connectivity index (χ2v) is 8.97. The SMILES string of the molecule is COc1ccc2[nH]cc(CCN3C(=O)C(=O)/C(=C(\O)c4ccc(Cl)cc4)C3c3cccc(F)c3)c2c1. The van der Waals surface area contributed by atoms with Gasteiger partial charge in [0.2, 0.25) is 0 Å². The zero-order valence-corrected chi connectivity index (χ0v) is 20.1. The fourth-order valence-corrected chi connectivity index (χ4v) is 4.76. The quantitative estimate of drug-likeness (QED) is 0.202. The van der Waals surface area contributed by atoms with Crippen molar-refractivity contribution in [3.63, 3.8) is 0 Å². The molecule has 0 saturated carbocycles. The van der Waals surface area contributed by atoms with Crippen molar-refractivity contribution in [3.05, 3.63) is 106 Å². The molecule has 6 nitrogen and oxygen atoms in total. The van der Waals surface area contributed by atoms with Crippen LogP contribution in [-0.2, 0) is 16.0 Å². The molecule has 5 rings (SSSR count). The van der Waals surface area contributed by atoms with E-state index >= 15 is 0 Å². The van der Waals surface area contributed by atoms with Crippen LogP contribution in [0.15, 0.2) is 78.5 Å². The first-order valence-corrected chi connectivity index (χ1v) is 11.7. The minimum absolute atomic E-state index is 0.0893. The van der Waals surface area contributed by atoms with Crippen LogP contribution >= 0.6 is 11.6 Å². The van der Waals surface area contributed by atoms with Crippen molar-refractivity contribution >= 4 is 40.0 Å². The van der Waals surface area contributed by atoms with Gasteiger partial charge in [0, 0.05) is 34.2 Å². The van der Waals surface area contributed by atoms with E-state index in [1.54, 1.807) is 37.4 Å². The molecule has 182 valence electrons. The zero-order chi connectivity index (χ0) is 25.4. The molecule has 1 aromatic heterocycles. The van der Waals surface area contributed by atoms with Crippen LogP contribution in [0.1, 0.15) is 22.7 Å². The number of carbonyl (C=O) groups is 2. The molecule has 2 N–H and O–H groups in total. The van der Waals surface area contributed by atoms with Crippen molar-refractivity contribution in [3.8, 4) is 5.75 Å². The number of aromatic amines is 1. The molecule has 0 aliphatic carbocycles. The third-order valence-electron chi connectivity index (χ3n) is 6.42. The van der Waals surface area contributed by atoms with Gasteiger partial charge >= 0.3 is 0 Å². The molecular formula is C28H22ClFN2O4. The van der Waals surface area contributed by atoms with E-state index in [1.165, 1.54) is 23.1 Å². The van der Waals surface area contributed by atoms with Crippen molar-refractivity contribution in [1.82, 2.24) is 9.88 Å². The Morgan fingerprint density at radius 2 is 1.89 bits per heavy atom. The first-order chi connectivity index (χ1) is 17.4. The number of aliphatic hydroxyl groups is 1. The van der Waals surface area contributed by atoms with Gasteiger partial charge in [0.25, 0.3) is 11.7 Å². The highest BCUT2D eigenvalue weighted by molar-refractivity contribution is 6.46. The maximum Gasteiger partial charge on any atom is 0.295 e. The fraction of sp³-hybridized carbons (Fsp3) is 0.143. The summed E-state index contributed by atoms with van der Waals surface area (Å²) in [5.74, 6) is -1.71. The van der Waals surface area contributed by atoms with Crippen molar-refractivity contribution in [2.75, 3.05) is 13.7 Å². The van der Waals surface area contributed by atoms with Crippen LogP contribution in [0.2, 0.25) is 5.02 Å². The Morgan fingerprint density at radius 3 is 2.61 bits per heavy atom. The molecule has 36 heavy (non-hydrogen) atoms. The van der Waals surface area contributed by atoms with Gasteiger partial charge < -0.3 is 19.7 Å². The summed E-state index contributed by atoms with van der Waals surface area (Å²) in [4.78, 5) is 30.9. The number of hydrogen-bond donors (Lipinski definition) is 2. The highest BCUT2D eigenvalue weighted by atomic mass is 35.5. The maximum absolute atomic E-state index is 14.2. The number of Topliss-reactive ketones (excluding diaryl/α,β-unsaturated/α-hetero) is 1. The van der Waals surface area contributed by atoms with E-state index < -0.39 is 23.5 Å². The molecule has 8 heteroatoms. The van der Waals surface area contributed by atoms with Gasteiger partial charge in [0.05, 0.1) is 18.7 Å². The second-order valence-electron chi connectivity index (χ2n) is 8.53. The van der Waals surface area contributed by atoms with Gasteiger partial charge in [-0.3, -0.25) is 9.59 Å². The molecule has 3 aromatic carbocycles. The summed E-state index contributed by atoms with van der Waals surface area (Å²) in [5, 5.41) is 12.5. The number of carbonyl (C=O) groups excluding carboxylic acids is 2. The number of rotatable bonds is 6. The van der Waals surface area contributed by atoms with Gasteiger partial charge in [-0.05, 0) is 72.1 Å². The predicted molar refractivity (Wildman–Crippen MR) is 135 cm³/mol. The van der Waals surface area contributed by atoms with Crippen molar-refractivity contribution < 1.29 is 23.8 Å². The number of halogens is 2. The molecule has 0 radical (unpaired) electrons. The first kappa shape index (κ1) is 23.6. The lowest BCUT2D eigenvalue weighted by Gasteiger charge is -2.25. The summed E-state index contributed by atoms with van der Waals surface area (Å²) < 4.78 is 19.5. The van der Waals surface area contributed by atoms with Gasteiger partial charge in [0.15, 0.2) is 0 Å². The number of ether oxygens (including phenoxy) is 1. The van der Waals surface area contributed by atoms with Gasteiger partial charge in [-0.15, -0.1) is 0 Å². The standard InChI is InChI=1S/C28H22ClFN2O4/c1-36-21-9-10-23-22(14-21)18(15-31-23)11-12-32-25(17-3-2-4-20(30)13-17)24(27(34)28(32)35)26(33)16-5-7-19(29)8-6-16/h2-10,13-15,25,31,33H,11-12H2,1H3/b26-24-. The van der Waals surface area contributed by atoms with E-state index in [0.29, 0.717) is 28.3 Å². The molecule has 0 bridgehead atoms. The van der Waals surface area contributed by atoms with Crippen LogP contribution in [-0.4, -0.2) is 40.3 Å². The number of ketones is 1. The topological polar surface area (TPSA) is 82.6 Å². The summed E-state index contributed by atoms with van der Waals surface area (Å²) in [6.07, 6.45) is 2.28. The van der Waals surface area contributed by atoms with Crippen molar-refractivity contribution in [1.29, 1.82) is 0 Å². The molecule has 1 unspecified atom stereocenters. The Labute approximate surface area is 211 Å². The lowest BCUT2D eigenvalue weighted by atomic mass is 9.95. The number of aromatic nitrogens is 1. The van der Waals surface area contributed by atoms with Gasteiger partial charge in [-0.2, -0.15) is 0 Å². The number of likely N-dealkylation sites (tertiary alicyclic amines) is 1. The van der Waals surface area contributed by atoms with Crippen LogP contribution < -0.4 is 4.74 Å². The maximum atomic E-state index is 14.2. The number of hydrogen-bond acceptors (Lipinski definition) is 4. The number of benzene rings is 3. The number of H-pyrrole nitrogens is 1. The Balaban J connectivity index is 1.56. The number of amides is 1. The monoisotopic (exact) mass is 504 g/mol. The average molecular weight is 505 g/mol. The molecule has 4 aromatic rings. The molecule has 2 heterocycles. The van der Waals surface area contributed by atoms with Gasteiger partial charge in [0.1, 0.15) is 17.3 Å². The lowest BCUT2D eigenvalue weighted by molar-refractivity contribution is -0.139. The molecular weight excluding hydrogens is 483 g/mol. The smallest absolute Gasteiger partial charge is 0.295 e. The van der Waals surface area contributed by atoms with Crippen LogP contribution in [0, 0.1) is 5.82 Å². The minimum Gasteiger partial charge on any atom is -0.507 e. The van der Waals surface area contributed by atoms with E-state index in [1.807, 2.05) is 24.4 Å². The molecule has 1 saturated heterocycles. The lowest BCUT2D eigenvalue weighted by Crippen LogP contribution is -2.31. The Hall–Kier alpha value is -4.10. The third kappa shape index (κ3) is 4.22. The molecule has 1 atom stereocenters. The zero-order valence-electron chi connectivity index (χ0n) is 19.3.